The molecule has 0 aliphatic carbocycles. The van der Waals surface area contributed by atoms with Crippen LogP contribution in [0.15, 0.2) is 106 Å². The lowest BCUT2D eigenvalue weighted by atomic mass is 10.1. The number of fused-ring (bicyclic) bond motifs is 2. The summed E-state index contributed by atoms with van der Waals surface area (Å²) in [5, 5.41) is 9.41. The van der Waals surface area contributed by atoms with Crippen molar-refractivity contribution in [2.45, 2.75) is 0 Å². The average Bonchev–Trinajstić information content (AvgIpc) is 2.83. The Morgan fingerprint density at radius 2 is 0.970 bits per heavy atom. The number of amides is 2. The van der Waals surface area contributed by atoms with E-state index in [1.165, 1.54) is 0 Å². The fourth-order valence-electron chi connectivity index (χ4n) is 3.62. The highest BCUT2D eigenvalue weighted by Crippen LogP contribution is 2.21. The van der Waals surface area contributed by atoms with E-state index in [4.69, 9.17) is 4.42 Å². The molecule has 1 heterocycles. The number of carbonyl (C=O) groups is 2. The molecule has 0 aliphatic heterocycles. The van der Waals surface area contributed by atoms with Crippen LogP contribution in [0.4, 0.5) is 11.4 Å². The normalized spacial score (nSPS) is 10.8. The number of nitrogens with one attached hydrogen (secondary N) is 2. The van der Waals surface area contributed by atoms with Crippen LogP contribution in [0.3, 0.4) is 0 Å². The second-order valence-corrected chi connectivity index (χ2v) is 7.55. The van der Waals surface area contributed by atoms with Gasteiger partial charge in [-0.05, 0) is 45.8 Å². The summed E-state index contributed by atoms with van der Waals surface area (Å²) in [6, 6.07) is 28.5. The maximum Gasteiger partial charge on any atom is 0.291 e. The molecule has 6 heteroatoms. The minimum atomic E-state index is -0.622. The van der Waals surface area contributed by atoms with Gasteiger partial charge in [-0.2, -0.15) is 0 Å². The van der Waals surface area contributed by atoms with Gasteiger partial charge in [0.25, 0.3) is 11.8 Å². The Morgan fingerprint density at radius 1 is 0.545 bits per heavy atom. The summed E-state index contributed by atoms with van der Waals surface area (Å²) in [6.07, 6.45) is 0. The van der Waals surface area contributed by atoms with E-state index in [2.05, 4.69) is 10.6 Å². The van der Waals surface area contributed by atoms with Crippen LogP contribution < -0.4 is 16.1 Å². The SMILES string of the molecule is O=C(Nc1ccc2ccccc2c1)c1cc(=O)cc(C(=O)Nc2ccc3ccccc3c2)o1. The second-order valence-electron chi connectivity index (χ2n) is 7.55. The first-order chi connectivity index (χ1) is 16.0. The largest absolute Gasteiger partial charge is 0.445 e. The highest BCUT2D eigenvalue weighted by Gasteiger charge is 2.16. The van der Waals surface area contributed by atoms with Gasteiger partial charge in [-0.3, -0.25) is 14.4 Å². The summed E-state index contributed by atoms with van der Waals surface area (Å²) in [5.41, 5.74) is 0.591. The van der Waals surface area contributed by atoms with E-state index >= 15 is 0 Å². The van der Waals surface area contributed by atoms with Crippen LogP contribution in [-0.2, 0) is 0 Å². The second kappa shape index (κ2) is 8.43. The van der Waals surface area contributed by atoms with Gasteiger partial charge in [-0.25, -0.2) is 0 Å². The Balaban J connectivity index is 1.37. The van der Waals surface area contributed by atoms with Gasteiger partial charge < -0.3 is 15.1 Å². The molecule has 33 heavy (non-hydrogen) atoms. The summed E-state index contributed by atoms with van der Waals surface area (Å²) in [6.45, 7) is 0. The Bertz CT molecular complexity index is 1470. The van der Waals surface area contributed by atoms with Crippen LogP contribution >= 0.6 is 0 Å². The Labute approximate surface area is 188 Å². The molecule has 0 saturated heterocycles. The van der Waals surface area contributed by atoms with Crippen LogP contribution in [0, 0.1) is 0 Å². The van der Waals surface area contributed by atoms with Crippen molar-refractivity contribution in [3.8, 4) is 0 Å². The average molecular weight is 434 g/mol. The molecule has 0 radical (unpaired) electrons. The van der Waals surface area contributed by atoms with Gasteiger partial charge in [-0.1, -0.05) is 60.7 Å². The molecule has 4 aromatic carbocycles. The summed E-state index contributed by atoms with van der Waals surface area (Å²) in [7, 11) is 0. The van der Waals surface area contributed by atoms with Gasteiger partial charge in [0, 0.05) is 23.5 Å². The van der Waals surface area contributed by atoms with Gasteiger partial charge in [0.15, 0.2) is 16.9 Å². The number of benzene rings is 4. The van der Waals surface area contributed by atoms with Crippen molar-refractivity contribution in [3.63, 3.8) is 0 Å². The van der Waals surface area contributed by atoms with Crippen molar-refractivity contribution in [1.29, 1.82) is 0 Å². The lowest BCUT2D eigenvalue weighted by Gasteiger charge is -2.08. The van der Waals surface area contributed by atoms with E-state index in [1.54, 1.807) is 12.1 Å². The van der Waals surface area contributed by atoms with Crippen molar-refractivity contribution < 1.29 is 14.0 Å². The topological polar surface area (TPSA) is 88.4 Å². The fraction of sp³-hybridized carbons (Fsp3) is 0. The molecule has 0 fully saturated rings. The maximum absolute atomic E-state index is 12.7. The molecule has 160 valence electrons. The van der Waals surface area contributed by atoms with Gasteiger partial charge >= 0.3 is 0 Å². The lowest BCUT2D eigenvalue weighted by Crippen LogP contribution is -2.19. The number of hydrogen-bond donors (Lipinski definition) is 2. The molecular weight excluding hydrogens is 416 g/mol. The molecule has 2 amide bonds. The van der Waals surface area contributed by atoms with Crippen molar-refractivity contribution in [2.75, 3.05) is 10.6 Å². The van der Waals surface area contributed by atoms with E-state index in [0.717, 1.165) is 33.7 Å². The molecule has 0 bridgehead atoms. The highest BCUT2D eigenvalue weighted by atomic mass is 16.4. The van der Waals surface area contributed by atoms with E-state index in [9.17, 15) is 14.4 Å². The zero-order chi connectivity index (χ0) is 22.8. The van der Waals surface area contributed by atoms with Crippen LogP contribution in [0.2, 0.25) is 0 Å². The third-order valence-corrected chi connectivity index (χ3v) is 5.23. The van der Waals surface area contributed by atoms with Crippen molar-refractivity contribution >= 4 is 44.7 Å². The molecule has 2 N–H and O–H groups in total. The molecule has 1 aromatic heterocycles. The standard InChI is InChI=1S/C27H18N2O4/c30-23-15-24(26(31)28-21-11-9-17-5-1-3-7-19(17)13-21)33-25(16-23)27(32)29-22-12-10-18-6-2-4-8-20(18)14-22/h1-16H,(H,28,31)(H,29,32). The molecule has 5 aromatic rings. The van der Waals surface area contributed by atoms with Gasteiger partial charge in [0.2, 0.25) is 0 Å². The fourth-order valence-corrected chi connectivity index (χ4v) is 3.62. The lowest BCUT2D eigenvalue weighted by molar-refractivity contribution is 0.0967. The van der Waals surface area contributed by atoms with Crippen LogP contribution in [-0.4, -0.2) is 11.8 Å². The molecule has 0 spiro atoms. The summed E-state index contributed by atoms with van der Waals surface area (Å²) < 4.78 is 5.48. The Hall–Kier alpha value is -4.71. The predicted octanol–water partition coefficient (Wildman–Crippen LogP) is 5.45. The zero-order valence-corrected chi connectivity index (χ0v) is 17.4. The zero-order valence-electron chi connectivity index (χ0n) is 17.4. The minimum absolute atomic E-state index is 0.251. The van der Waals surface area contributed by atoms with Crippen molar-refractivity contribution in [2.24, 2.45) is 0 Å². The molecule has 5 rings (SSSR count). The van der Waals surface area contributed by atoms with Gasteiger partial charge in [0.1, 0.15) is 0 Å². The first-order valence-corrected chi connectivity index (χ1v) is 10.3. The third-order valence-electron chi connectivity index (χ3n) is 5.23. The van der Waals surface area contributed by atoms with E-state index in [1.807, 2.05) is 72.8 Å². The monoisotopic (exact) mass is 434 g/mol. The predicted molar refractivity (Wildman–Crippen MR) is 129 cm³/mol. The van der Waals surface area contributed by atoms with Gasteiger partial charge in [0.05, 0.1) is 0 Å². The van der Waals surface area contributed by atoms with Crippen molar-refractivity contribution in [1.82, 2.24) is 0 Å². The molecule has 0 unspecified atom stereocenters. The molecule has 6 nitrogen and oxygen atoms in total. The molecular formula is C27H18N2O4. The minimum Gasteiger partial charge on any atom is -0.445 e. The Kier molecular flexibility index (Phi) is 5.16. The molecule has 0 aliphatic rings. The van der Waals surface area contributed by atoms with E-state index in [-0.39, 0.29) is 11.5 Å². The quantitative estimate of drug-likeness (QED) is 0.394. The number of hydrogen-bond acceptors (Lipinski definition) is 4. The number of rotatable bonds is 4. The van der Waals surface area contributed by atoms with Crippen molar-refractivity contribution in [3.05, 3.63) is 119 Å². The van der Waals surface area contributed by atoms with Crippen LogP contribution in [0.1, 0.15) is 21.1 Å². The smallest absolute Gasteiger partial charge is 0.291 e. The summed E-state index contributed by atoms with van der Waals surface area (Å²) >= 11 is 0. The number of carbonyl (C=O) groups excluding carboxylic acids is 2. The number of anilines is 2. The first-order valence-electron chi connectivity index (χ1n) is 10.3. The summed E-state index contributed by atoms with van der Waals surface area (Å²) in [4.78, 5) is 37.6. The third kappa shape index (κ3) is 4.36. The summed E-state index contributed by atoms with van der Waals surface area (Å²) in [5.74, 6) is -1.75. The highest BCUT2D eigenvalue weighted by molar-refractivity contribution is 6.06. The van der Waals surface area contributed by atoms with Crippen LogP contribution in [0.5, 0.6) is 0 Å². The van der Waals surface area contributed by atoms with Gasteiger partial charge in [-0.15, -0.1) is 0 Å². The Morgan fingerprint density at radius 3 is 1.42 bits per heavy atom. The molecule has 0 atom stereocenters. The maximum atomic E-state index is 12.7. The van der Waals surface area contributed by atoms with Crippen LogP contribution in [0.25, 0.3) is 21.5 Å². The first kappa shape index (κ1) is 20.2. The molecule has 0 saturated carbocycles. The van der Waals surface area contributed by atoms with E-state index < -0.39 is 17.2 Å². The van der Waals surface area contributed by atoms with E-state index in [0.29, 0.717) is 11.4 Å².